The molecule has 1 saturated carbocycles. The fraction of sp³-hybridized carbons (Fsp3) is 0.341. The van der Waals surface area contributed by atoms with Gasteiger partial charge < -0.3 is 19.5 Å². The number of nitrogens with zero attached hydrogens (tertiary/aromatic N) is 8. The van der Waals surface area contributed by atoms with Crippen molar-refractivity contribution in [3.8, 4) is 28.7 Å². The van der Waals surface area contributed by atoms with Gasteiger partial charge in [0.2, 0.25) is 17.7 Å². The average molecular weight is 809 g/mol. The van der Waals surface area contributed by atoms with Gasteiger partial charge in [0.15, 0.2) is 11.5 Å². The van der Waals surface area contributed by atoms with E-state index in [0.717, 1.165) is 35.2 Å². The van der Waals surface area contributed by atoms with Gasteiger partial charge in [-0.2, -0.15) is 13.2 Å². The normalized spacial score (nSPS) is 16.7. The fourth-order valence-electron chi connectivity index (χ4n) is 7.44. The Hall–Kier alpha value is -6.72. The summed E-state index contributed by atoms with van der Waals surface area (Å²) in [5.41, 5.74) is 2.43. The molecule has 5 aromatic rings. The number of alkyl halides is 3. The summed E-state index contributed by atoms with van der Waals surface area (Å²) in [5, 5.41) is 5.51. The zero-order valence-electron chi connectivity index (χ0n) is 32.3. The van der Waals surface area contributed by atoms with E-state index < -0.39 is 41.5 Å². The van der Waals surface area contributed by atoms with Crippen LogP contribution in [0.2, 0.25) is 0 Å². The third-order valence-electron chi connectivity index (χ3n) is 10.5. The lowest BCUT2D eigenvalue weighted by molar-refractivity contribution is -0.141. The van der Waals surface area contributed by atoms with E-state index in [4.69, 9.17) is 9.72 Å². The van der Waals surface area contributed by atoms with Gasteiger partial charge in [0.1, 0.15) is 29.6 Å². The van der Waals surface area contributed by atoms with Crippen molar-refractivity contribution in [1.82, 2.24) is 39.7 Å². The third kappa shape index (κ3) is 7.69. The molecule has 5 heterocycles. The minimum Gasteiger partial charge on any atom is -0.480 e. The molecule has 15 nitrogen and oxygen atoms in total. The van der Waals surface area contributed by atoms with Crippen LogP contribution in [0.1, 0.15) is 89.2 Å². The number of fused-ring (bicyclic) bond motifs is 1. The van der Waals surface area contributed by atoms with Crippen LogP contribution >= 0.6 is 0 Å². The fourth-order valence-corrected chi connectivity index (χ4v) is 7.44. The van der Waals surface area contributed by atoms with Crippen LogP contribution in [0.3, 0.4) is 0 Å². The number of carbonyl (C=O) groups is 4. The largest absolute Gasteiger partial charge is 0.480 e. The van der Waals surface area contributed by atoms with Gasteiger partial charge in [-0.15, -0.1) is 0 Å². The first-order valence-electron chi connectivity index (χ1n) is 19.1. The molecule has 1 saturated heterocycles. The van der Waals surface area contributed by atoms with Crippen LogP contribution in [0.15, 0.2) is 67.3 Å². The van der Waals surface area contributed by atoms with Crippen molar-refractivity contribution in [1.29, 1.82) is 0 Å². The number of piperidine rings is 1. The average Bonchev–Trinajstić information content (AvgIpc) is 3.90. The van der Waals surface area contributed by atoms with Crippen molar-refractivity contribution in [2.24, 2.45) is 0 Å². The molecule has 59 heavy (non-hydrogen) atoms. The van der Waals surface area contributed by atoms with Crippen molar-refractivity contribution >= 4 is 35.1 Å². The van der Waals surface area contributed by atoms with Gasteiger partial charge in [0.25, 0.3) is 11.8 Å². The van der Waals surface area contributed by atoms with Gasteiger partial charge in [-0.25, -0.2) is 24.9 Å². The maximum atomic E-state index is 13.7. The lowest BCUT2D eigenvalue weighted by atomic mass is 10.0. The Morgan fingerprint density at radius 2 is 1.73 bits per heavy atom. The Balaban J connectivity index is 1.08. The molecule has 0 spiro atoms. The Kier molecular flexibility index (Phi) is 10.3. The Bertz CT molecular complexity index is 2470. The second-order valence-electron chi connectivity index (χ2n) is 14.8. The van der Waals surface area contributed by atoms with Crippen LogP contribution in [0, 0.1) is 0 Å². The minimum atomic E-state index is -4.59. The summed E-state index contributed by atoms with van der Waals surface area (Å²) in [7, 11) is 1.52. The number of carbonyl (C=O) groups excluding carboxylic acids is 4. The van der Waals surface area contributed by atoms with E-state index in [2.05, 4.69) is 30.6 Å². The van der Waals surface area contributed by atoms with Crippen molar-refractivity contribution in [2.45, 2.75) is 70.3 Å². The standard InChI is InChI=1S/C41H39F3N10O5/c1-22(2)53-20-29(41(42,43)44)49-36(53)25-9-7-23(8-10-25)19-52(30-15-16-46-35(50-30)33-34(24-11-12-24)47-21-48-38(33)59-3)18-17-45-27-6-4-5-26-32(27)40(58)54(39(26)57)28-13-14-31(55)51-37(28)56/h4-10,15-16,20-22,24,28,45H,11-14,17-19H2,1-3H3,(H,51,55,56). The number of rotatable bonds is 13. The third-order valence-corrected chi connectivity index (χ3v) is 10.5. The molecule has 18 heteroatoms. The number of ether oxygens (including phenoxy) is 1. The topological polar surface area (TPSA) is 177 Å². The summed E-state index contributed by atoms with van der Waals surface area (Å²) < 4.78 is 48.0. The van der Waals surface area contributed by atoms with E-state index in [1.54, 1.807) is 50.4 Å². The molecule has 8 rings (SSSR count). The maximum Gasteiger partial charge on any atom is 0.434 e. The number of amides is 4. The molecule has 4 amide bonds. The van der Waals surface area contributed by atoms with Gasteiger partial charge in [-0.1, -0.05) is 30.3 Å². The van der Waals surface area contributed by atoms with Gasteiger partial charge in [-0.3, -0.25) is 29.4 Å². The monoisotopic (exact) mass is 808 g/mol. The lowest BCUT2D eigenvalue weighted by Gasteiger charge is -2.28. The van der Waals surface area contributed by atoms with Crippen LogP contribution in [0.4, 0.5) is 24.7 Å². The highest BCUT2D eigenvalue weighted by molar-refractivity contribution is 6.25. The summed E-state index contributed by atoms with van der Waals surface area (Å²) in [6.45, 7) is 4.45. The molecular formula is C41H39F3N10O5. The van der Waals surface area contributed by atoms with Crippen molar-refractivity contribution < 1.29 is 37.1 Å². The molecule has 2 aliphatic heterocycles. The van der Waals surface area contributed by atoms with E-state index in [0.29, 0.717) is 47.4 Å². The second kappa shape index (κ2) is 15.6. The molecule has 3 aromatic heterocycles. The van der Waals surface area contributed by atoms with E-state index in [-0.39, 0.29) is 48.3 Å². The Morgan fingerprint density at radius 3 is 2.42 bits per heavy atom. The summed E-state index contributed by atoms with van der Waals surface area (Å²) >= 11 is 0. The van der Waals surface area contributed by atoms with Crippen LogP contribution < -0.4 is 20.3 Å². The van der Waals surface area contributed by atoms with Crippen LogP contribution in [-0.2, 0) is 22.3 Å². The zero-order valence-corrected chi connectivity index (χ0v) is 32.3. The molecular weight excluding hydrogens is 770 g/mol. The molecule has 1 aliphatic carbocycles. The van der Waals surface area contributed by atoms with E-state index in [1.165, 1.54) is 24.1 Å². The molecule has 1 atom stereocenters. The predicted octanol–water partition coefficient (Wildman–Crippen LogP) is 5.80. The Morgan fingerprint density at radius 1 is 0.949 bits per heavy atom. The van der Waals surface area contributed by atoms with Gasteiger partial charge in [0.05, 0.1) is 23.9 Å². The first-order valence-corrected chi connectivity index (χ1v) is 19.1. The molecule has 0 bridgehead atoms. The second-order valence-corrected chi connectivity index (χ2v) is 14.8. The molecule has 1 unspecified atom stereocenters. The predicted molar refractivity (Wildman–Crippen MR) is 207 cm³/mol. The van der Waals surface area contributed by atoms with E-state index in [1.807, 2.05) is 17.0 Å². The summed E-state index contributed by atoms with van der Waals surface area (Å²) in [6.07, 6.45) is 1.50. The number of imide groups is 2. The highest BCUT2D eigenvalue weighted by atomic mass is 19.4. The van der Waals surface area contributed by atoms with Crippen molar-refractivity contribution in [2.75, 3.05) is 30.4 Å². The molecule has 2 aromatic carbocycles. The van der Waals surface area contributed by atoms with Crippen LogP contribution in [0.5, 0.6) is 5.88 Å². The summed E-state index contributed by atoms with van der Waals surface area (Å²) in [6, 6.07) is 12.3. The van der Waals surface area contributed by atoms with E-state index in [9.17, 15) is 32.3 Å². The molecule has 0 radical (unpaired) electrons. The van der Waals surface area contributed by atoms with Crippen molar-refractivity contribution in [3.05, 3.63) is 95.3 Å². The highest BCUT2D eigenvalue weighted by Gasteiger charge is 2.45. The van der Waals surface area contributed by atoms with Gasteiger partial charge in [-0.05, 0) is 56.9 Å². The van der Waals surface area contributed by atoms with E-state index >= 15 is 0 Å². The molecule has 2 N–H and O–H groups in total. The number of imidazole rings is 1. The molecule has 3 aliphatic rings. The van der Waals surface area contributed by atoms with Crippen LogP contribution in [-0.4, -0.2) is 84.3 Å². The summed E-state index contributed by atoms with van der Waals surface area (Å²) in [4.78, 5) is 76.9. The number of nitrogens with one attached hydrogen (secondary N) is 2. The van der Waals surface area contributed by atoms with Gasteiger partial charge >= 0.3 is 6.18 Å². The molecule has 304 valence electrons. The number of benzene rings is 2. The number of aromatic nitrogens is 6. The molecule has 2 fully saturated rings. The summed E-state index contributed by atoms with van der Waals surface area (Å²) in [5.74, 6) is -0.715. The SMILES string of the molecule is COc1ncnc(C2CC2)c1-c1nccc(N(CCNc2cccc3c2C(=O)N(C2CCC(=O)NC2=O)C3=O)Cc2ccc(-c3nc(C(F)(F)F)cn3C(C)C)cc2)n1. The first kappa shape index (κ1) is 39.1. The number of halogens is 3. The van der Waals surface area contributed by atoms with Gasteiger partial charge in [0, 0.05) is 61.7 Å². The lowest BCUT2D eigenvalue weighted by Crippen LogP contribution is -2.54. The highest BCUT2D eigenvalue weighted by Crippen LogP contribution is 2.45. The smallest absolute Gasteiger partial charge is 0.434 e. The number of anilines is 2. The quantitative estimate of drug-likeness (QED) is 0.137. The first-order chi connectivity index (χ1) is 28.3. The number of hydrogen-bond donors (Lipinski definition) is 2. The Labute approximate surface area is 336 Å². The van der Waals surface area contributed by atoms with Crippen LogP contribution in [0.25, 0.3) is 22.8 Å². The number of hydrogen-bond acceptors (Lipinski definition) is 12. The number of methoxy groups -OCH3 is 1. The maximum absolute atomic E-state index is 13.7. The minimum absolute atomic E-state index is 0.00550. The van der Waals surface area contributed by atoms with Crippen molar-refractivity contribution in [3.63, 3.8) is 0 Å². The zero-order chi connectivity index (χ0) is 41.6.